The number of aliphatic hydroxyl groups is 1. The van der Waals surface area contributed by atoms with Gasteiger partial charge < -0.3 is 19.8 Å². The third kappa shape index (κ3) is 56.7. The third-order valence-electron chi connectivity index (χ3n) is 14.7. The van der Waals surface area contributed by atoms with Crippen LogP contribution in [0.3, 0.4) is 0 Å². The Morgan fingerprint density at radius 1 is 0.458 bits per heavy atom. The lowest BCUT2D eigenvalue weighted by Gasteiger charge is -2.25. The number of quaternary nitrogens is 1. The molecule has 0 radical (unpaired) electrons. The molecule has 0 bridgehead atoms. The van der Waals surface area contributed by atoms with Crippen molar-refractivity contribution in [2.45, 2.75) is 334 Å². The quantitative estimate of drug-likeness (QED) is 0.0243. The second-order valence-electron chi connectivity index (χ2n) is 23.1. The van der Waals surface area contributed by atoms with E-state index in [1.165, 1.54) is 263 Å². The van der Waals surface area contributed by atoms with Gasteiger partial charge in [-0.1, -0.05) is 308 Å². The van der Waals surface area contributed by atoms with E-state index in [-0.39, 0.29) is 19.1 Å². The van der Waals surface area contributed by atoms with Crippen LogP contribution < -0.4 is 5.32 Å². The molecule has 0 aliphatic carbocycles. The van der Waals surface area contributed by atoms with Crippen molar-refractivity contribution in [1.29, 1.82) is 0 Å². The van der Waals surface area contributed by atoms with Crippen LogP contribution in [-0.2, 0) is 18.4 Å². The number of rotatable bonds is 59. The summed E-state index contributed by atoms with van der Waals surface area (Å²) in [5.74, 6) is -0.181. The van der Waals surface area contributed by atoms with Crippen molar-refractivity contribution in [2.24, 2.45) is 0 Å². The molecular weight excluding hydrogens is 912 g/mol. The van der Waals surface area contributed by atoms with Gasteiger partial charge in [-0.05, 0) is 32.1 Å². The molecule has 0 aromatic carbocycles. The van der Waals surface area contributed by atoms with E-state index in [4.69, 9.17) is 9.05 Å². The molecule has 1 amide bonds. The zero-order chi connectivity index (χ0) is 52.7. The molecule has 0 heterocycles. The minimum absolute atomic E-state index is 0.0586. The summed E-state index contributed by atoms with van der Waals surface area (Å²) in [6.45, 7) is 4.83. The van der Waals surface area contributed by atoms with Crippen molar-refractivity contribution in [3.05, 3.63) is 24.3 Å². The molecule has 0 spiro atoms. The van der Waals surface area contributed by atoms with E-state index < -0.39 is 20.0 Å². The van der Waals surface area contributed by atoms with Gasteiger partial charge in [0.15, 0.2) is 0 Å². The monoisotopic (exact) mass is 1040 g/mol. The maximum absolute atomic E-state index is 13.0. The highest BCUT2D eigenvalue weighted by atomic mass is 31.2. The number of nitrogens with one attached hydrogen (secondary N) is 1. The number of unbranched alkanes of at least 4 members (excludes halogenated alkanes) is 44. The van der Waals surface area contributed by atoms with E-state index >= 15 is 0 Å². The van der Waals surface area contributed by atoms with Gasteiger partial charge >= 0.3 is 7.82 Å². The Hall–Kier alpha value is -1.02. The number of nitrogens with zero attached hydrogens (tertiary/aromatic N) is 1. The number of hydrogen-bond acceptors (Lipinski definition) is 5. The molecule has 0 aliphatic rings. The average Bonchev–Trinajstić information content (AvgIpc) is 3.34. The highest BCUT2D eigenvalue weighted by Crippen LogP contribution is 2.43. The first-order valence-corrected chi connectivity index (χ1v) is 33.2. The Morgan fingerprint density at radius 2 is 0.764 bits per heavy atom. The molecule has 3 N–H and O–H groups in total. The van der Waals surface area contributed by atoms with Crippen LogP contribution in [0.15, 0.2) is 24.3 Å². The third-order valence-corrected chi connectivity index (χ3v) is 15.7. The number of allylic oxidation sites excluding steroid dienone is 3. The number of likely N-dealkylation sites (N-methyl/N-ethyl adjacent to an activating group) is 1. The minimum Gasteiger partial charge on any atom is -0.387 e. The van der Waals surface area contributed by atoms with Crippen molar-refractivity contribution < 1.29 is 32.9 Å². The lowest BCUT2D eigenvalue weighted by atomic mass is 10.0. The molecule has 9 heteroatoms. The first-order valence-electron chi connectivity index (χ1n) is 31.7. The summed E-state index contributed by atoms with van der Waals surface area (Å²) >= 11 is 0. The van der Waals surface area contributed by atoms with Crippen LogP contribution in [0.25, 0.3) is 0 Å². The van der Waals surface area contributed by atoms with Crippen molar-refractivity contribution >= 4 is 13.7 Å². The van der Waals surface area contributed by atoms with Crippen molar-refractivity contribution in [1.82, 2.24) is 5.32 Å². The topological polar surface area (TPSA) is 105 Å². The Bertz CT molecular complexity index is 1220. The molecule has 8 nitrogen and oxygen atoms in total. The predicted octanol–water partition coefficient (Wildman–Crippen LogP) is 19.5. The largest absolute Gasteiger partial charge is 0.472 e. The zero-order valence-electron chi connectivity index (χ0n) is 48.9. The van der Waals surface area contributed by atoms with E-state index in [1.807, 2.05) is 27.2 Å². The van der Waals surface area contributed by atoms with E-state index in [0.29, 0.717) is 17.4 Å². The molecule has 0 saturated heterocycles. The molecule has 0 aromatic rings. The van der Waals surface area contributed by atoms with Crippen LogP contribution >= 0.6 is 7.82 Å². The van der Waals surface area contributed by atoms with Crippen LogP contribution in [0, 0.1) is 0 Å². The normalized spacial score (nSPS) is 13.9. The SMILES string of the molecule is CCCCCCCCCC/C=C/CC/C=C/C(O)C(COP(=O)(O)OCC[N+](C)(C)C)NC(=O)CCCCCCCCCCCCCCCCCCCCCCCCCCCCCCCCCCCCCC. The Labute approximate surface area is 449 Å². The fraction of sp³-hybridized carbons (Fsp3) is 0.921. The van der Waals surface area contributed by atoms with E-state index in [0.717, 1.165) is 38.5 Å². The maximum atomic E-state index is 13.0. The fourth-order valence-corrected chi connectivity index (χ4v) is 10.4. The van der Waals surface area contributed by atoms with Crippen molar-refractivity contribution in [2.75, 3.05) is 40.9 Å². The fourth-order valence-electron chi connectivity index (χ4n) is 9.71. The van der Waals surface area contributed by atoms with Crippen molar-refractivity contribution in [3.8, 4) is 0 Å². The minimum atomic E-state index is -4.35. The number of carbonyl (C=O) groups is 1. The van der Waals surface area contributed by atoms with Crippen LogP contribution in [-0.4, -0.2) is 73.4 Å². The second kappa shape index (κ2) is 54.8. The summed E-state index contributed by atoms with van der Waals surface area (Å²) in [7, 11) is 1.57. The number of carbonyl (C=O) groups excluding carboxylic acids is 1. The predicted molar refractivity (Wildman–Crippen MR) is 314 cm³/mol. The van der Waals surface area contributed by atoms with Gasteiger partial charge in [0.2, 0.25) is 5.91 Å². The van der Waals surface area contributed by atoms with E-state index in [2.05, 4.69) is 31.3 Å². The van der Waals surface area contributed by atoms with Crippen LogP contribution in [0.1, 0.15) is 322 Å². The van der Waals surface area contributed by atoms with Gasteiger partial charge in [0.1, 0.15) is 13.2 Å². The second-order valence-corrected chi connectivity index (χ2v) is 24.6. The number of phosphoric acid groups is 1. The summed E-state index contributed by atoms with van der Waals surface area (Å²) in [4.78, 5) is 23.3. The maximum Gasteiger partial charge on any atom is 0.472 e. The van der Waals surface area contributed by atoms with Gasteiger partial charge in [-0.15, -0.1) is 0 Å². The van der Waals surface area contributed by atoms with Gasteiger partial charge in [-0.2, -0.15) is 0 Å². The standard InChI is InChI=1S/C63H125N2O6P/c1-6-8-10-12-14-16-18-20-22-23-24-25-26-27-28-29-30-31-32-33-34-35-36-37-38-39-40-41-42-43-45-47-49-51-53-55-57-63(67)64-61(60-71-72(68,69)70-59-58-65(3,4)5)62(66)56-54-52-50-48-46-44-21-19-17-15-13-11-9-7-2/h46,48,54,56,61-62,66H,6-45,47,49-53,55,57-60H2,1-5H3,(H-,64,67,68,69)/p+1/b48-46+,56-54+. The molecule has 0 fully saturated rings. The molecule has 72 heavy (non-hydrogen) atoms. The molecule has 0 aromatic heterocycles. The number of aliphatic hydroxyl groups excluding tert-OH is 1. The van der Waals surface area contributed by atoms with Crippen LogP contribution in [0.5, 0.6) is 0 Å². The summed E-state index contributed by atoms with van der Waals surface area (Å²) in [5.41, 5.74) is 0. The Morgan fingerprint density at radius 3 is 1.11 bits per heavy atom. The Kier molecular flexibility index (Phi) is 54.0. The van der Waals surface area contributed by atoms with Crippen LogP contribution in [0.2, 0.25) is 0 Å². The molecule has 0 saturated carbocycles. The van der Waals surface area contributed by atoms with Crippen LogP contribution in [0.4, 0.5) is 0 Å². The highest BCUT2D eigenvalue weighted by Gasteiger charge is 2.27. The number of amides is 1. The van der Waals surface area contributed by atoms with Gasteiger partial charge in [-0.3, -0.25) is 13.8 Å². The van der Waals surface area contributed by atoms with E-state index in [1.54, 1.807) is 6.08 Å². The average molecular weight is 1040 g/mol. The molecule has 3 atom stereocenters. The molecule has 0 aliphatic heterocycles. The number of hydrogen-bond donors (Lipinski definition) is 3. The Balaban J connectivity index is 3.91. The van der Waals surface area contributed by atoms with Crippen molar-refractivity contribution in [3.63, 3.8) is 0 Å². The molecular formula is C63H126N2O6P+. The van der Waals surface area contributed by atoms with Gasteiger partial charge in [0.25, 0.3) is 0 Å². The van der Waals surface area contributed by atoms with E-state index in [9.17, 15) is 19.4 Å². The molecule has 3 unspecified atom stereocenters. The summed E-state index contributed by atoms with van der Waals surface area (Å²) in [6.07, 6.45) is 70.4. The van der Waals surface area contributed by atoms with Gasteiger partial charge in [0, 0.05) is 6.42 Å². The lowest BCUT2D eigenvalue weighted by Crippen LogP contribution is -2.45. The summed E-state index contributed by atoms with van der Waals surface area (Å²) in [6, 6.07) is -0.860. The first kappa shape index (κ1) is 71.0. The zero-order valence-corrected chi connectivity index (χ0v) is 49.8. The molecule has 0 rings (SSSR count). The lowest BCUT2D eigenvalue weighted by molar-refractivity contribution is -0.870. The number of phosphoric ester groups is 1. The summed E-state index contributed by atoms with van der Waals surface area (Å²) in [5, 5.41) is 13.9. The summed E-state index contributed by atoms with van der Waals surface area (Å²) < 4.78 is 23.7. The van der Waals surface area contributed by atoms with Gasteiger partial charge in [-0.25, -0.2) is 4.57 Å². The smallest absolute Gasteiger partial charge is 0.387 e. The van der Waals surface area contributed by atoms with Gasteiger partial charge in [0.05, 0.1) is 39.9 Å². The highest BCUT2D eigenvalue weighted by molar-refractivity contribution is 7.47. The first-order chi connectivity index (χ1) is 35.0. The molecule has 428 valence electrons.